The number of ether oxygens (including phenoxy) is 1. The molecule has 0 aromatic heterocycles. The molecule has 0 heterocycles. The van der Waals surface area contributed by atoms with Gasteiger partial charge in [-0.2, -0.15) is 0 Å². The highest BCUT2D eigenvalue weighted by molar-refractivity contribution is 6.11. The normalized spacial score (nSPS) is 11.0. The Morgan fingerprint density at radius 1 is 1.00 bits per heavy atom. The Morgan fingerprint density at radius 3 is 2.32 bits per heavy atom. The summed E-state index contributed by atoms with van der Waals surface area (Å²) in [5.74, 6) is -0.846. The Labute approximate surface area is 161 Å². The van der Waals surface area contributed by atoms with Gasteiger partial charge in [-0.15, -0.1) is 0 Å². The topological polar surface area (TPSA) is 127 Å². The monoisotopic (exact) mass is 381 g/mol. The van der Waals surface area contributed by atoms with E-state index in [0.29, 0.717) is 17.4 Å². The highest BCUT2D eigenvalue weighted by Crippen LogP contribution is 2.27. The largest absolute Gasteiger partial charge is 0.507 e. The van der Waals surface area contributed by atoms with Crippen LogP contribution in [0.15, 0.2) is 42.5 Å². The van der Waals surface area contributed by atoms with Gasteiger partial charge in [0.2, 0.25) is 0 Å². The number of phenols is 2. The maximum Gasteiger partial charge on any atom is 0.163 e. The van der Waals surface area contributed by atoms with Gasteiger partial charge >= 0.3 is 0 Å². The first-order valence-electron chi connectivity index (χ1n) is 8.20. The van der Waals surface area contributed by atoms with E-state index in [9.17, 15) is 24.6 Å². The molecule has 2 rings (SSSR count). The van der Waals surface area contributed by atoms with Crippen LogP contribution in [0.1, 0.15) is 27.9 Å². The molecule has 0 saturated carbocycles. The summed E-state index contributed by atoms with van der Waals surface area (Å²) in [7, 11) is 1.41. The van der Waals surface area contributed by atoms with Crippen molar-refractivity contribution in [1.82, 2.24) is 0 Å². The van der Waals surface area contributed by atoms with Crippen LogP contribution in [0.3, 0.4) is 0 Å². The number of hydrogen-bond donors (Lipinski definition) is 3. The third-order valence-corrected chi connectivity index (χ3v) is 3.82. The Bertz CT molecular complexity index is 975. The molecule has 0 aliphatic carbocycles. The second-order valence-electron chi connectivity index (χ2n) is 5.87. The predicted molar refractivity (Wildman–Crippen MR) is 105 cm³/mol. The van der Waals surface area contributed by atoms with E-state index in [4.69, 9.17) is 10.5 Å². The number of ketones is 2. The van der Waals surface area contributed by atoms with E-state index in [1.807, 2.05) is 0 Å². The molecule has 7 heteroatoms. The van der Waals surface area contributed by atoms with Crippen LogP contribution >= 0.6 is 0 Å². The number of anilines is 1. The van der Waals surface area contributed by atoms with Gasteiger partial charge in [0.15, 0.2) is 29.4 Å². The predicted octanol–water partition coefficient (Wildman–Crippen LogP) is 2.76. The lowest BCUT2D eigenvalue weighted by molar-refractivity contribution is -0.121. The number of methoxy groups -OCH3 is 1. The van der Waals surface area contributed by atoms with E-state index in [0.717, 1.165) is 0 Å². The van der Waals surface area contributed by atoms with Gasteiger partial charge < -0.3 is 20.7 Å². The summed E-state index contributed by atoms with van der Waals surface area (Å²) in [6, 6.07) is 7.15. The summed E-state index contributed by atoms with van der Waals surface area (Å²) in [4.78, 5) is 34.8. The van der Waals surface area contributed by atoms with Crippen molar-refractivity contribution in [3.63, 3.8) is 0 Å². The molecule has 144 valence electrons. The van der Waals surface area contributed by atoms with Crippen molar-refractivity contribution in [2.75, 3.05) is 12.8 Å². The van der Waals surface area contributed by atoms with Crippen LogP contribution in [0, 0.1) is 0 Å². The van der Waals surface area contributed by atoms with Crippen LogP contribution < -0.4 is 10.5 Å². The van der Waals surface area contributed by atoms with E-state index >= 15 is 0 Å². The average molecular weight is 381 g/mol. The van der Waals surface area contributed by atoms with Gasteiger partial charge in [-0.05, 0) is 47.6 Å². The van der Waals surface area contributed by atoms with Gasteiger partial charge in [-0.25, -0.2) is 0 Å². The number of rotatable bonds is 8. The fourth-order valence-electron chi connectivity index (χ4n) is 2.34. The lowest BCUT2D eigenvalue weighted by Gasteiger charge is -2.04. The lowest BCUT2D eigenvalue weighted by atomic mass is 10.1. The summed E-state index contributed by atoms with van der Waals surface area (Å²) >= 11 is 0. The SMILES string of the molecule is COc1cc(C=CC(=O)CC(=O)C=Cc2cc(C=O)c(O)cc2N)ccc1O. The molecule has 2 aromatic carbocycles. The number of benzene rings is 2. The maximum absolute atomic E-state index is 12.0. The summed E-state index contributed by atoms with van der Waals surface area (Å²) in [5.41, 5.74) is 6.99. The van der Waals surface area contributed by atoms with Crippen molar-refractivity contribution in [2.45, 2.75) is 6.42 Å². The van der Waals surface area contributed by atoms with Gasteiger partial charge in [0.25, 0.3) is 0 Å². The molecule has 0 amide bonds. The number of carbonyl (C=O) groups is 3. The molecule has 0 spiro atoms. The molecular formula is C21H19NO6. The standard InChI is InChI=1S/C21H19NO6/c1-28-21-8-13(3-7-19(21)26)2-5-16(24)10-17(25)6-4-14-9-15(12-23)20(27)11-18(14)22/h2-9,11-12,26-27H,10,22H2,1H3. The van der Waals surface area contributed by atoms with Crippen LogP contribution in [0.5, 0.6) is 17.2 Å². The van der Waals surface area contributed by atoms with Crippen molar-refractivity contribution in [3.05, 3.63) is 59.2 Å². The van der Waals surface area contributed by atoms with Crippen molar-refractivity contribution >= 4 is 35.7 Å². The minimum atomic E-state index is -0.446. The van der Waals surface area contributed by atoms with Crippen LogP contribution in [-0.2, 0) is 9.59 Å². The molecule has 0 unspecified atom stereocenters. The van der Waals surface area contributed by atoms with Crippen molar-refractivity contribution < 1.29 is 29.3 Å². The second kappa shape index (κ2) is 9.18. The molecule has 0 saturated heterocycles. The van der Waals surface area contributed by atoms with Gasteiger partial charge in [0.1, 0.15) is 5.75 Å². The highest BCUT2D eigenvalue weighted by atomic mass is 16.5. The molecule has 28 heavy (non-hydrogen) atoms. The number of nitrogens with two attached hydrogens (primary N) is 1. The van der Waals surface area contributed by atoms with Crippen LogP contribution in [0.2, 0.25) is 0 Å². The average Bonchev–Trinajstić information content (AvgIpc) is 2.66. The van der Waals surface area contributed by atoms with E-state index < -0.39 is 11.6 Å². The number of allylic oxidation sites excluding steroid dienone is 2. The molecule has 7 nitrogen and oxygen atoms in total. The minimum Gasteiger partial charge on any atom is -0.507 e. The van der Waals surface area contributed by atoms with E-state index in [2.05, 4.69) is 0 Å². The third kappa shape index (κ3) is 5.31. The van der Waals surface area contributed by atoms with Gasteiger partial charge in [0.05, 0.1) is 19.1 Å². The van der Waals surface area contributed by atoms with Crippen LogP contribution in [-0.4, -0.2) is 35.2 Å². The Hall–Kier alpha value is -3.87. The van der Waals surface area contributed by atoms with Crippen LogP contribution in [0.25, 0.3) is 12.2 Å². The maximum atomic E-state index is 12.0. The zero-order chi connectivity index (χ0) is 20.7. The Balaban J connectivity index is 2.02. The molecule has 0 bridgehead atoms. The minimum absolute atomic E-state index is 0.0162. The first-order valence-corrected chi connectivity index (χ1v) is 8.20. The fourth-order valence-corrected chi connectivity index (χ4v) is 2.34. The number of aromatic hydroxyl groups is 2. The quantitative estimate of drug-likeness (QED) is 0.278. The van der Waals surface area contributed by atoms with E-state index in [1.165, 1.54) is 49.6 Å². The van der Waals surface area contributed by atoms with Gasteiger partial charge in [0, 0.05) is 11.8 Å². The molecule has 2 aromatic rings. The van der Waals surface area contributed by atoms with Crippen molar-refractivity contribution in [1.29, 1.82) is 0 Å². The van der Waals surface area contributed by atoms with E-state index in [1.54, 1.807) is 12.1 Å². The zero-order valence-corrected chi connectivity index (χ0v) is 15.1. The molecule has 4 N–H and O–H groups in total. The summed E-state index contributed by atoms with van der Waals surface area (Å²) in [6.45, 7) is 0. The first-order chi connectivity index (χ1) is 13.3. The zero-order valence-electron chi connectivity index (χ0n) is 15.1. The number of carbonyl (C=O) groups excluding carboxylic acids is 3. The number of nitrogen functional groups attached to an aromatic ring is 1. The van der Waals surface area contributed by atoms with Crippen molar-refractivity contribution in [3.8, 4) is 17.2 Å². The van der Waals surface area contributed by atoms with Crippen molar-refractivity contribution in [2.24, 2.45) is 0 Å². The Kier molecular flexibility index (Phi) is 6.70. The second-order valence-corrected chi connectivity index (χ2v) is 5.87. The van der Waals surface area contributed by atoms with E-state index in [-0.39, 0.29) is 34.9 Å². The van der Waals surface area contributed by atoms with Gasteiger partial charge in [-0.1, -0.05) is 12.1 Å². The molecule has 0 atom stereocenters. The van der Waals surface area contributed by atoms with Crippen LogP contribution in [0.4, 0.5) is 5.69 Å². The molecule has 0 fully saturated rings. The smallest absolute Gasteiger partial charge is 0.163 e. The fraction of sp³-hybridized carbons (Fsp3) is 0.0952. The highest BCUT2D eigenvalue weighted by Gasteiger charge is 2.07. The Morgan fingerprint density at radius 2 is 1.68 bits per heavy atom. The number of phenolic OH excluding ortho intramolecular Hbond substituents is 2. The summed E-state index contributed by atoms with van der Waals surface area (Å²) < 4.78 is 4.98. The lowest BCUT2D eigenvalue weighted by Crippen LogP contribution is -2.02. The number of aldehydes is 1. The first kappa shape index (κ1) is 20.4. The molecule has 0 aliphatic rings. The molecule has 0 aliphatic heterocycles. The third-order valence-electron chi connectivity index (χ3n) is 3.82. The van der Waals surface area contributed by atoms with Gasteiger partial charge in [-0.3, -0.25) is 14.4 Å². The molecular weight excluding hydrogens is 362 g/mol. The summed E-state index contributed by atoms with van der Waals surface area (Å²) in [6.07, 6.45) is 5.46. The summed E-state index contributed by atoms with van der Waals surface area (Å²) in [5, 5.41) is 19.1. The number of hydrogen-bond acceptors (Lipinski definition) is 7. The molecule has 0 radical (unpaired) electrons.